The molecular formula is C10H11ClN2O. The van der Waals surface area contributed by atoms with Crippen LogP contribution in [0.3, 0.4) is 0 Å². The molecule has 1 aromatic heterocycles. The van der Waals surface area contributed by atoms with Crippen LogP contribution in [-0.4, -0.2) is 16.6 Å². The Morgan fingerprint density at radius 2 is 2.29 bits per heavy atom. The normalized spacial score (nSPS) is 13.4. The number of aromatic nitrogens is 1. The fraction of sp³-hybridized carbons (Fsp3) is 0.200. The standard InChI is InChI=1S/C10H11ClN2O/c11-8-3-6-1-2-13-9(6)4-7(8)10(14)5-12/h1-4,10,13-14H,5,12H2. The summed E-state index contributed by atoms with van der Waals surface area (Å²) in [5, 5.41) is 11.2. The predicted molar refractivity (Wildman–Crippen MR) is 57.3 cm³/mol. The molecule has 0 aliphatic rings. The molecule has 1 atom stereocenters. The summed E-state index contributed by atoms with van der Waals surface area (Å²) in [7, 11) is 0. The minimum absolute atomic E-state index is 0.173. The van der Waals surface area contributed by atoms with Crippen molar-refractivity contribution in [3.8, 4) is 0 Å². The third kappa shape index (κ3) is 1.50. The third-order valence-electron chi connectivity index (χ3n) is 2.25. The maximum atomic E-state index is 9.58. The number of fused-ring (bicyclic) bond motifs is 1. The molecule has 0 aliphatic carbocycles. The largest absolute Gasteiger partial charge is 0.387 e. The van der Waals surface area contributed by atoms with Gasteiger partial charge < -0.3 is 15.8 Å². The van der Waals surface area contributed by atoms with Gasteiger partial charge >= 0.3 is 0 Å². The number of benzene rings is 1. The van der Waals surface area contributed by atoms with Crippen LogP contribution in [0.15, 0.2) is 24.4 Å². The molecule has 2 aromatic rings. The average Bonchev–Trinajstić information content (AvgIpc) is 2.62. The molecule has 0 amide bonds. The van der Waals surface area contributed by atoms with Crippen molar-refractivity contribution < 1.29 is 5.11 Å². The predicted octanol–water partition coefficient (Wildman–Crippen LogP) is 1.81. The van der Waals surface area contributed by atoms with Gasteiger partial charge in [0.1, 0.15) is 0 Å². The summed E-state index contributed by atoms with van der Waals surface area (Å²) in [6.45, 7) is 0.173. The summed E-state index contributed by atoms with van der Waals surface area (Å²) in [5.74, 6) is 0. The molecule has 74 valence electrons. The van der Waals surface area contributed by atoms with E-state index >= 15 is 0 Å². The highest BCUT2D eigenvalue weighted by Crippen LogP contribution is 2.27. The van der Waals surface area contributed by atoms with Crippen molar-refractivity contribution in [1.29, 1.82) is 0 Å². The van der Waals surface area contributed by atoms with Gasteiger partial charge in [-0.25, -0.2) is 0 Å². The summed E-state index contributed by atoms with van der Waals surface area (Å²) in [6, 6.07) is 5.58. The summed E-state index contributed by atoms with van der Waals surface area (Å²) >= 11 is 6.00. The number of halogens is 1. The van der Waals surface area contributed by atoms with Gasteiger partial charge in [-0.2, -0.15) is 0 Å². The monoisotopic (exact) mass is 210 g/mol. The van der Waals surface area contributed by atoms with Crippen LogP contribution in [0.4, 0.5) is 0 Å². The SMILES string of the molecule is NCC(O)c1cc2[nH]ccc2cc1Cl. The zero-order valence-electron chi connectivity index (χ0n) is 7.50. The molecule has 0 saturated heterocycles. The molecule has 1 unspecified atom stereocenters. The molecule has 0 radical (unpaired) electrons. The van der Waals surface area contributed by atoms with Gasteiger partial charge in [0.15, 0.2) is 0 Å². The molecule has 4 N–H and O–H groups in total. The van der Waals surface area contributed by atoms with E-state index in [0.29, 0.717) is 10.6 Å². The van der Waals surface area contributed by atoms with E-state index in [-0.39, 0.29) is 6.54 Å². The van der Waals surface area contributed by atoms with Gasteiger partial charge in [-0.15, -0.1) is 0 Å². The van der Waals surface area contributed by atoms with Crippen molar-refractivity contribution in [3.05, 3.63) is 35.0 Å². The molecule has 1 heterocycles. The number of aliphatic hydroxyl groups excluding tert-OH is 1. The lowest BCUT2D eigenvalue weighted by molar-refractivity contribution is 0.187. The van der Waals surface area contributed by atoms with Gasteiger partial charge in [-0.05, 0) is 18.2 Å². The van der Waals surface area contributed by atoms with Crippen LogP contribution in [0.2, 0.25) is 5.02 Å². The second-order valence-corrected chi connectivity index (χ2v) is 3.60. The number of aliphatic hydroxyl groups is 1. The Morgan fingerprint density at radius 3 is 3.00 bits per heavy atom. The van der Waals surface area contributed by atoms with Crippen molar-refractivity contribution in [3.63, 3.8) is 0 Å². The van der Waals surface area contributed by atoms with E-state index < -0.39 is 6.10 Å². The molecule has 0 bridgehead atoms. The zero-order valence-corrected chi connectivity index (χ0v) is 8.25. The number of rotatable bonds is 2. The van der Waals surface area contributed by atoms with Crippen LogP contribution in [0, 0.1) is 0 Å². The van der Waals surface area contributed by atoms with Crippen LogP contribution in [0.5, 0.6) is 0 Å². The second-order valence-electron chi connectivity index (χ2n) is 3.19. The number of nitrogens with two attached hydrogens (primary N) is 1. The molecule has 3 nitrogen and oxygen atoms in total. The van der Waals surface area contributed by atoms with E-state index in [1.165, 1.54) is 0 Å². The Morgan fingerprint density at radius 1 is 1.50 bits per heavy atom. The lowest BCUT2D eigenvalue weighted by Gasteiger charge is -2.10. The van der Waals surface area contributed by atoms with E-state index in [0.717, 1.165) is 10.9 Å². The minimum atomic E-state index is -0.699. The van der Waals surface area contributed by atoms with Gasteiger partial charge in [0.05, 0.1) is 6.10 Å². The van der Waals surface area contributed by atoms with E-state index in [4.69, 9.17) is 17.3 Å². The first kappa shape index (κ1) is 9.52. The molecule has 0 aliphatic heterocycles. The topological polar surface area (TPSA) is 62.0 Å². The van der Waals surface area contributed by atoms with Crippen LogP contribution < -0.4 is 5.73 Å². The fourth-order valence-electron chi connectivity index (χ4n) is 1.47. The van der Waals surface area contributed by atoms with Crippen LogP contribution in [-0.2, 0) is 0 Å². The van der Waals surface area contributed by atoms with Gasteiger partial charge in [-0.3, -0.25) is 0 Å². The fourth-order valence-corrected chi connectivity index (χ4v) is 1.77. The average molecular weight is 211 g/mol. The highest BCUT2D eigenvalue weighted by Gasteiger charge is 2.11. The van der Waals surface area contributed by atoms with Gasteiger partial charge in [0.2, 0.25) is 0 Å². The van der Waals surface area contributed by atoms with Crippen molar-refractivity contribution in [1.82, 2.24) is 4.98 Å². The van der Waals surface area contributed by atoms with Gasteiger partial charge in [0.25, 0.3) is 0 Å². The third-order valence-corrected chi connectivity index (χ3v) is 2.58. The molecule has 0 saturated carbocycles. The van der Waals surface area contributed by atoms with Crippen molar-refractivity contribution >= 4 is 22.5 Å². The molecule has 1 aromatic carbocycles. The lowest BCUT2D eigenvalue weighted by atomic mass is 10.1. The number of hydrogen-bond donors (Lipinski definition) is 3. The first-order valence-electron chi connectivity index (χ1n) is 4.37. The maximum absolute atomic E-state index is 9.58. The van der Waals surface area contributed by atoms with Crippen LogP contribution >= 0.6 is 11.6 Å². The molecule has 0 spiro atoms. The number of aromatic amines is 1. The van der Waals surface area contributed by atoms with E-state index in [1.807, 2.05) is 24.4 Å². The molecule has 14 heavy (non-hydrogen) atoms. The van der Waals surface area contributed by atoms with Gasteiger partial charge in [-0.1, -0.05) is 11.6 Å². The highest BCUT2D eigenvalue weighted by atomic mass is 35.5. The molecule has 0 fully saturated rings. The minimum Gasteiger partial charge on any atom is -0.387 e. The van der Waals surface area contributed by atoms with E-state index in [1.54, 1.807) is 0 Å². The van der Waals surface area contributed by atoms with E-state index in [9.17, 15) is 5.11 Å². The summed E-state index contributed by atoms with van der Waals surface area (Å²) < 4.78 is 0. The summed E-state index contributed by atoms with van der Waals surface area (Å²) in [6.07, 6.45) is 1.13. The van der Waals surface area contributed by atoms with Crippen LogP contribution in [0.25, 0.3) is 10.9 Å². The van der Waals surface area contributed by atoms with Crippen molar-refractivity contribution in [2.45, 2.75) is 6.10 Å². The summed E-state index contributed by atoms with van der Waals surface area (Å²) in [5.41, 5.74) is 7.00. The van der Waals surface area contributed by atoms with Crippen molar-refractivity contribution in [2.24, 2.45) is 5.73 Å². The Kier molecular flexibility index (Phi) is 2.46. The molecule has 2 rings (SSSR count). The van der Waals surface area contributed by atoms with Gasteiger partial charge in [0, 0.05) is 34.2 Å². The molecular weight excluding hydrogens is 200 g/mol. The first-order valence-corrected chi connectivity index (χ1v) is 4.75. The smallest absolute Gasteiger partial charge is 0.0927 e. The Hall–Kier alpha value is -1.03. The Balaban J connectivity index is 2.58. The lowest BCUT2D eigenvalue weighted by Crippen LogP contribution is -2.11. The van der Waals surface area contributed by atoms with E-state index in [2.05, 4.69) is 4.98 Å². The zero-order chi connectivity index (χ0) is 10.1. The van der Waals surface area contributed by atoms with Crippen molar-refractivity contribution in [2.75, 3.05) is 6.54 Å². The number of H-pyrrole nitrogens is 1. The Labute approximate surface area is 86.5 Å². The Bertz CT molecular complexity index is 452. The second kappa shape index (κ2) is 3.61. The van der Waals surface area contributed by atoms with Crippen LogP contribution in [0.1, 0.15) is 11.7 Å². The highest BCUT2D eigenvalue weighted by molar-refractivity contribution is 6.32. The molecule has 4 heteroatoms. The number of nitrogens with one attached hydrogen (secondary N) is 1. The quantitative estimate of drug-likeness (QED) is 0.708. The first-order chi connectivity index (χ1) is 6.72. The maximum Gasteiger partial charge on any atom is 0.0927 e. The number of hydrogen-bond acceptors (Lipinski definition) is 2. The summed E-state index contributed by atoms with van der Waals surface area (Å²) in [4.78, 5) is 3.06.